The molecule has 3 aromatic carbocycles. The number of aromatic amines is 1. The van der Waals surface area contributed by atoms with Gasteiger partial charge in [-0.3, -0.25) is 4.79 Å². The highest BCUT2D eigenvalue weighted by Gasteiger charge is 2.31. The first kappa shape index (κ1) is 19.6. The lowest BCUT2D eigenvalue weighted by Gasteiger charge is -2.12. The molecule has 1 aromatic heterocycles. The number of nitrogens with one attached hydrogen (secondary N) is 2. The van der Waals surface area contributed by atoms with Crippen LogP contribution in [0.25, 0.3) is 21.8 Å². The second-order valence-electron chi connectivity index (χ2n) is 6.45. The Hall–Kier alpha value is -3.75. The number of fused-ring (bicyclic) bond motifs is 2. The largest absolute Gasteiger partial charge is 0.573 e. The van der Waals surface area contributed by atoms with E-state index >= 15 is 0 Å². The summed E-state index contributed by atoms with van der Waals surface area (Å²) in [5, 5.41) is 3.49. The molecule has 0 saturated heterocycles. The summed E-state index contributed by atoms with van der Waals surface area (Å²) in [6.45, 7) is 0. The minimum absolute atomic E-state index is 0.00624. The quantitative estimate of drug-likeness (QED) is 0.341. The van der Waals surface area contributed by atoms with E-state index in [0.717, 1.165) is 6.07 Å². The summed E-state index contributed by atoms with van der Waals surface area (Å²) in [7, 11) is 1.32. The number of hydrogen-bond acceptors (Lipinski definition) is 4. The van der Waals surface area contributed by atoms with Crippen LogP contribution in [0, 0.1) is 5.82 Å². The maximum Gasteiger partial charge on any atom is 0.573 e. The number of alkyl halides is 3. The second-order valence-corrected chi connectivity index (χ2v) is 6.45. The molecular weight excluding hydrogens is 404 g/mol. The maximum atomic E-state index is 14.0. The fourth-order valence-corrected chi connectivity index (χ4v) is 3.15. The summed E-state index contributed by atoms with van der Waals surface area (Å²) in [6.07, 6.45) is -4.79. The summed E-state index contributed by atoms with van der Waals surface area (Å²) in [5.41, 5.74) is 1.39. The average Bonchev–Trinajstić information content (AvgIpc) is 2.67. The van der Waals surface area contributed by atoms with E-state index in [2.05, 4.69) is 15.0 Å². The summed E-state index contributed by atoms with van der Waals surface area (Å²) >= 11 is 0. The molecule has 4 rings (SSSR count). The molecule has 0 spiro atoms. The summed E-state index contributed by atoms with van der Waals surface area (Å²) in [6, 6.07) is 12.7. The molecule has 0 unspecified atom stereocenters. The van der Waals surface area contributed by atoms with Crippen LogP contribution in [0.3, 0.4) is 0 Å². The van der Waals surface area contributed by atoms with Crippen LogP contribution in [-0.4, -0.2) is 18.5 Å². The van der Waals surface area contributed by atoms with Crippen LogP contribution in [0.15, 0.2) is 59.4 Å². The highest BCUT2D eigenvalue weighted by atomic mass is 19.4. The third-order valence-corrected chi connectivity index (χ3v) is 4.43. The van der Waals surface area contributed by atoms with Gasteiger partial charge in [-0.05, 0) is 36.4 Å². The molecule has 0 fully saturated rings. The molecule has 154 valence electrons. The van der Waals surface area contributed by atoms with Crippen LogP contribution in [0.1, 0.15) is 0 Å². The Balaban J connectivity index is 1.73. The van der Waals surface area contributed by atoms with E-state index in [0.29, 0.717) is 27.8 Å². The Kier molecular flexibility index (Phi) is 4.73. The predicted octanol–water partition coefficient (Wildman–Crippen LogP) is 5.47. The standard InChI is InChI=1S/C21H14F4N2O3/c1-29-19-10-18-15(9-16(19)22)20(28)14-6-5-12(8-17(14)27-18)26-11-3-2-4-13(7-11)30-21(23,24)25/h2-10,26H,1H3,(H,27,28). The smallest absolute Gasteiger partial charge is 0.494 e. The zero-order valence-electron chi connectivity index (χ0n) is 15.4. The van der Waals surface area contributed by atoms with Crippen molar-refractivity contribution in [1.82, 2.24) is 4.98 Å². The van der Waals surface area contributed by atoms with Gasteiger partial charge in [0.25, 0.3) is 0 Å². The van der Waals surface area contributed by atoms with Crippen molar-refractivity contribution in [3.05, 3.63) is 70.6 Å². The van der Waals surface area contributed by atoms with Gasteiger partial charge in [0.1, 0.15) is 5.75 Å². The number of hydrogen-bond donors (Lipinski definition) is 2. The van der Waals surface area contributed by atoms with E-state index in [1.165, 1.54) is 31.4 Å². The zero-order chi connectivity index (χ0) is 21.5. The molecule has 0 atom stereocenters. The predicted molar refractivity (Wildman–Crippen MR) is 105 cm³/mol. The number of H-pyrrole nitrogens is 1. The number of aromatic nitrogens is 1. The lowest BCUT2D eigenvalue weighted by Crippen LogP contribution is -2.17. The highest BCUT2D eigenvalue weighted by molar-refractivity contribution is 5.94. The molecular formula is C21H14F4N2O3. The van der Waals surface area contributed by atoms with Crippen molar-refractivity contribution in [3.63, 3.8) is 0 Å². The van der Waals surface area contributed by atoms with Crippen LogP contribution in [-0.2, 0) is 0 Å². The highest BCUT2D eigenvalue weighted by Crippen LogP contribution is 2.28. The molecule has 0 bridgehead atoms. The van der Waals surface area contributed by atoms with Crippen LogP contribution in [0.5, 0.6) is 11.5 Å². The van der Waals surface area contributed by atoms with E-state index < -0.39 is 12.2 Å². The number of pyridine rings is 1. The van der Waals surface area contributed by atoms with Crippen molar-refractivity contribution in [1.29, 1.82) is 0 Å². The van der Waals surface area contributed by atoms with Crippen molar-refractivity contribution in [2.45, 2.75) is 6.36 Å². The molecule has 1 heterocycles. The van der Waals surface area contributed by atoms with Gasteiger partial charge in [0.2, 0.25) is 0 Å². The van der Waals surface area contributed by atoms with Gasteiger partial charge in [0, 0.05) is 34.3 Å². The first-order valence-corrected chi connectivity index (χ1v) is 8.69. The molecule has 0 aliphatic carbocycles. The molecule has 2 N–H and O–H groups in total. The van der Waals surface area contributed by atoms with Crippen molar-refractivity contribution in [2.75, 3.05) is 12.4 Å². The molecule has 0 aliphatic rings. The van der Waals surface area contributed by atoms with Gasteiger partial charge in [0.05, 0.1) is 18.1 Å². The molecule has 0 aliphatic heterocycles. The molecule has 5 nitrogen and oxygen atoms in total. The van der Waals surface area contributed by atoms with Crippen molar-refractivity contribution < 1.29 is 27.0 Å². The van der Waals surface area contributed by atoms with Gasteiger partial charge >= 0.3 is 6.36 Å². The van der Waals surface area contributed by atoms with Crippen LogP contribution in [0.2, 0.25) is 0 Å². The number of methoxy groups -OCH3 is 1. The normalized spacial score (nSPS) is 11.6. The van der Waals surface area contributed by atoms with Crippen LogP contribution >= 0.6 is 0 Å². The van der Waals surface area contributed by atoms with E-state index in [4.69, 9.17) is 4.74 Å². The van der Waals surface area contributed by atoms with Gasteiger partial charge < -0.3 is 19.8 Å². The first-order chi connectivity index (χ1) is 14.2. The number of halogens is 4. The molecule has 9 heteroatoms. The van der Waals surface area contributed by atoms with Gasteiger partial charge in [-0.25, -0.2) is 4.39 Å². The van der Waals surface area contributed by atoms with Gasteiger partial charge in [0.15, 0.2) is 17.0 Å². The second kappa shape index (κ2) is 7.25. The van der Waals surface area contributed by atoms with Crippen LogP contribution in [0.4, 0.5) is 28.9 Å². The Labute approximate surface area is 166 Å². The lowest BCUT2D eigenvalue weighted by molar-refractivity contribution is -0.274. The molecule has 0 amide bonds. The van der Waals surface area contributed by atoms with Crippen molar-refractivity contribution in [3.8, 4) is 11.5 Å². The first-order valence-electron chi connectivity index (χ1n) is 8.69. The molecule has 30 heavy (non-hydrogen) atoms. The van der Waals surface area contributed by atoms with Crippen molar-refractivity contribution in [2.24, 2.45) is 0 Å². The number of benzene rings is 3. The summed E-state index contributed by atoms with van der Waals surface area (Å²) < 4.78 is 60.1. The van der Waals surface area contributed by atoms with Gasteiger partial charge in [-0.1, -0.05) is 6.07 Å². The Morgan fingerprint density at radius 3 is 2.40 bits per heavy atom. The maximum absolute atomic E-state index is 14.0. The lowest BCUT2D eigenvalue weighted by atomic mass is 10.1. The number of ether oxygens (including phenoxy) is 2. The molecule has 0 saturated carbocycles. The van der Waals surface area contributed by atoms with E-state index in [-0.39, 0.29) is 22.3 Å². The van der Waals surface area contributed by atoms with E-state index in [9.17, 15) is 22.4 Å². The van der Waals surface area contributed by atoms with Gasteiger partial charge in [-0.15, -0.1) is 13.2 Å². The van der Waals surface area contributed by atoms with Crippen molar-refractivity contribution >= 4 is 33.2 Å². The Bertz CT molecular complexity index is 1320. The number of rotatable bonds is 4. The monoisotopic (exact) mass is 418 g/mol. The average molecular weight is 418 g/mol. The fraction of sp³-hybridized carbons (Fsp3) is 0.0952. The van der Waals surface area contributed by atoms with E-state index in [1.807, 2.05) is 0 Å². The summed E-state index contributed by atoms with van der Waals surface area (Å²) in [5.74, 6) is -1.01. The molecule has 0 radical (unpaired) electrons. The Morgan fingerprint density at radius 1 is 0.933 bits per heavy atom. The summed E-state index contributed by atoms with van der Waals surface area (Å²) in [4.78, 5) is 15.8. The fourth-order valence-electron chi connectivity index (χ4n) is 3.15. The van der Waals surface area contributed by atoms with Gasteiger partial charge in [-0.2, -0.15) is 0 Å². The van der Waals surface area contributed by atoms with E-state index in [1.54, 1.807) is 24.3 Å². The minimum atomic E-state index is -4.79. The third kappa shape index (κ3) is 3.86. The van der Waals surface area contributed by atoms with Crippen LogP contribution < -0.4 is 20.2 Å². The third-order valence-electron chi connectivity index (χ3n) is 4.43. The molecule has 4 aromatic rings. The minimum Gasteiger partial charge on any atom is -0.494 e. The SMILES string of the molecule is COc1cc2[nH]c3cc(Nc4cccc(OC(F)(F)F)c4)ccc3c(=O)c2cc1F. The number of anilines is 2. The zero-order valence-corrected chi connectivity index (χ0v) is 15.4. The topological polar surface area (TPSA) is 63.4 Å². The Morgan fingerprint density at radius 2 is 1.67 bits per heavy atom.